The predicted molar refractivity (Wildman–Crippen MR) is 131 cm³/mol. The maximum Gasteiger partial charge on any atom is 0.331 e. The van der Waals surface area contributed by atoms with Crippen molar-refractivity contribution in [1.82, 2.24) is 13.7 Å². The van der Waals surface area contributed by atoms with Crippen LogP contribution in [0.4, 0.5) is 0 Å². The second-order valence-corrected chi connectivity index (χ2v) is 9.18. The molecule has 2 aromatic carbocycles. The minimum atomic E-state index is -0.419. The van der Waals surface area contributed by atoms with E-state index in [1.165, 1.54) is 11.6 Å². The van der Waals surface area contributed by atoms with Crippen LogP contribution in [0, 0.1) is 0 Å². The molecule has 1 aliphatic rings. The van der Waals surface area contributed by atoms with Gasteiger partial charge in [-0.25, -0.2) is 4.79 Å². The molecule has 0 amide bonds. The first-order chi connectivity index (χ1) is 15.8. The number of hydrogen-bond acceptors (Lipinski definition) is 3. The van der Waals surface area contributed by atoms with Crippen molar-refractivity contribution in [2.75, 3.05) is 6.61 Å². The third-order valence-corrected chi connectivity index (χ3v) is 6.41. The molecule has 0 bridgehead atoms. The number of rotatable bonds is 3. The van der Waals surface area contributed by atoms with Gasteiger partial charge < -0.3 is 9.30 Å². The van der Waals surface area contributed by atoms with E-state index in [2.05, 4.69) is 18.4 Å². The van der Waals surface area contributed by atoms with Gasteiger partial charge in [-0.05, 0) is 31.1 Å². The Kier molecular flexibility index (Phi) is 4.98. The fraction of sp³-hybridized carbons (Fsp3) is 0.259. The fourth-order valence-electron chi connectivity index (χ4n) is 4.80. The van der Waals surface area contributed by atoms with Gasteiger partial charge in [0.15, 0.2) is 0 Å². The van der Waals surface area contributed by atoms with Crippen molar-refractivity contribution >= 4 is 17.0 Å². The summed E-state index contributed by atoms with van der Waals surface area (Å²) in [5.74, 6) is 0. The Labute approximate surface area is 192 Å². The molecule has 0 saturated heterocycles. The van der Waals surface area contributed by atoms with E-state index in [0.29, 0.717) is 17.5 Å². The first-order valence-corrected chi connectivity index (χ1v) is 11.1. The standard InChI is InChI=1S/C27H27N3O3/c1-27(2)17-33-20(16-15-18-11-7-5-8-12-18)23-24-21(25(31)29(4)26(32)28(24)3)22(30(23)27)19-13-9-6-10-14-19/h5-16,20H,17H2,1-4H3/b16-15+/t20-/m1/s1. The zero-order chi connectivity index (χ0) is 23.3. The molecule has 2 aromatic heterocycles. The maximum absolute atomic E-state index is 13.5. The van der Waals surface area contributed by atoms with Crippen LogP contribution in [0.1, 0.15) is 31.2 Å². The molecule has 0 radical (unpaired) electrons. The summed E-state index contributed by atoms with van der Waals surface area (Å²) in [6.45, 7) is 4.67. The Balaban J connectivity index is 1.90. The van der Waals surface area contributed by atoms with Crippen molar-refractivity contribution in [1.29, 1.82) is 0 Å². The van der Waals surface area contributed by atoms with Crippen LogP contribution < -0.4 is 11.2 Å². The van der Waals surface area contributed by atoms with Crippen LogP contribution in [0.15, 0.2) is 76.3 Å². The Bertz CT molecular complexity index is 1490. The highest BCUT2D eigenvalue weighted by Crippen LogP contribution is 2.43. The lowest BCUT2D eigenvalue weighted by molar-refractivity contribution is -0.00302. The molecule has 5 rings (SSSR count). The van der Waals surface area contributed by atoms with E-state index in [1.54, 1.807) is 11.6 Å². The summed E-state index contributed by atoms with van der Waals surface area (Å²) in [6.07, 6.45) is 3.62. The normalized spacial score (nSPS) is 17.5. The van der Waals surface area contributed by atoms with Gasteiger partial charge in [0.05, 0.1) is 34.4 Å². The monoisotopic (exact) mass is 441 g/mol. The number of aromatic nitrogens is 3. The quantitative estimate of drug-likeness (QED) is 0.478. The third kappa shape index (κ3) is 3.29. The molecule has 0 unspecified atom stereocenters. The minimum absolute atomic E-state index is 0.296. The van der Waals surface area contributed by atoms with Crippen molar-refractivity contribution < 1.29 is 4.74 Å². The SMILES string of the molecule is Cn1c(=O)c2c(-c3ccccc3)n3c(c2n(C)c1=O)[C@@H](/C=C/c1ccccc1)OCC3(C)C. The van der Waals surface area contributed by atoms with Crippen LogP contribution in [0.3, 0.4) is 0 Å². The van der Waals surface area contributed by atoms with E-state index >= 15 is 0 Å². The van der Waals surface area contributed by atoms with Gasteiger partial charge in [0.1, 0.15) is 6.10 Å². The molecule has 6 heteroatoms. The largest absolute Gasteiger partial charge is 0.365 e. The molecule has 1 atom stereocenters. The molecule has 0 saturated carbocycles. The molecular weight excluding hydrogens is 414 g/mol. The first kappa shape index (κ1) is 21.2. The van der Waals surface area contributed by atoms with Gasteiger partial charge >= 0.3 is 5.69 Å². The number of nitrogens with zero attached hydrogens (tertiary/aromatic N) is 3. The van der Waals surface area contributed by atoms with Crippen molar-refractivity contribution in [3.63, 3.8) is 0 Å². The first-order valence-electron chi connectivity index (χ1n) is 11.1. The smallest absolute Gasteiger partial charge is 0.331 e. The zero-order valence-electron chi connectivity index (χ0n) is 19.3. The zero-order valence-corrected chi connectivity index (χ0v) is 19.3. The summed E-state index contributed by atoms with van der Waals surface area (Å²) in [5, 5.41) is 0.539. The molecule has 0 spiro atoms. The summed E-state index contributed by atoms with van der Waals surface area (Å²) >= 11 is 0. The Hall–Kier alpha value is -3.64. The second kappa shape index (κ2) is 7.74. The molecule has 0 aliphatic carbocycles. The molecule has 0 N–H and O–H groups in total. The van der Waals surface area contributed by atoms with E-state index in [1.807, 2.05) is 72.8 Å². The summed E-state index contributed by atoms with van der Waals surface area (Å²) < 4.78 is 11.3. The topological polar surface area (TPSA) is 58.2 Å². The number of hydrogen-bond donors (Lipinski definition) is 0. The van der Waals surface area contributed by atoms with Crippen LogP contribution in [0.25, 0.3) is 28.2 Å². The Morgan fingerprint density at radius 3 is 2.24 bits per heavy atom. The molecule has 168 valence electrons. The average Bonchev–Trinajstić information content (AvgIpc) is 3.20. The number of fused-ring (bicyclic) bond motifs is 3. The summed E-state index contributed by atoms with van der Waals surface area (Å²) in [5.41, 5.74) is 3.19. The van der Waals surface area contributed by atoms with Crippen molar-refractivity contribution in [3.8, 4) is 11.3 Å². The van der Waals surface area contributed by atoms with E-state index in [9.17, 15) is 9.59 Å². The van der Waals surface area contributed by atoms with Gasteiger partial charge in [-0.2, -0.15) is 0 Å². The summed E-state index contributed by atoms with van der Waals surface area (Å²) in [7, 11) is 3.25. The summed E-state index contributed by atoms with van der Waals surface area (Å²) in [6, 6.07) is 19.9. The molecule has 3 heterocycles. The van der Waals surface area contributed by atoms with E-state index in [4.69, 9.17) is 4.74 Å². The lowest BCUT2D eigenvalue weighted by Crippen LogP contribution is -2.39. The van der Waals surface area contributed by atoms with Gasteiger partial charge in [-0.1, -0.05) is 66.7 Å². The minimum Gasteiger partial charge on any atom is -0.365 e. The van der Waals surface area contributed by atoms with Crippen LogP contribution >= 0.6 is 0 Å². The second-order valence-electron chi connectivity index (χ2n) is 9.18. The highest BCUT2D eigenvalue weighted by Gasteiger charge is 2.39. The lowest BCUT2D eigenvalue weighted by atomic mass is 10.0. The Morgan fingerprint density at radius 2 is 1.58 bits per heavy atom. The third-order valence-electron chi connectivity index (χ3n) is 6.41. The predicted octanol–water partition coefficient (Wildman–Crippen LogP) is 4.23. The average molecular weight is 442 g/mol. The van der Waals surface area contributed by atoms with Crippen molar-refractivity contribution in [3.05, 3.63) is 98.8 Å². The fourth-order valence-corrected chi connectivity index (χ4v) is 4.80. The lowest BCUT2D eigenvalue weighted by Gasteiger charge is -2.38. The number of ether oxygens (including phenoxy) is 1. The maximum atomic E-state index is 13.5. The molecule has 0 fully saturated rings. The van der Waals surface area contributed by atoms with Crippen LogP contribution in [-0.4, -0.2) is 20.3 Å². The van der Waals surface area contributed by atoms with E-state index < -0.39 is 11.6 Å². The van der Waals surface area contributed by atoms with Gasteiger partial charge in [0, 0.05) is 14.1 Å². The van der Waals surface area contributed by atoms with Gasteiger partial charge in [-0.15, -0.1) is 0 Å². The molecular formula is C27H27N3O3. The highest BCUT2D eigenvalue weighted by molar-refractivity contribution is 5.96. The van der Waals surface area contributed by atoms with Crippen molar-refractivity contribution in [2.24, 2.45) is 14.1 Å². The van der Waals surface area contributed by atoms with E-state index in [-0.39, 0.29) is 11.2 Å². The highest BCUT2D eigenvalue weighted by atomic mass is 16.5. The Morgan fingerprint density at radius 1 is 0.939 bits per heavy atom. The van der Waals surface area contributed by atoms with Crippen molar-refractivity contribution in [2.45, 2.75) is 25.5 Å². The van der Waals surface area contributed by atoms with Gasteiger partial charge in [0.2, 0.25) is 0 Å². The van der Waals surface area contributed by atoms with Crippen LogP contribution in [-0.2, 0) is 24.4 Å². The van der Waals surface area contributed by atoms with E-state index in [0.717, 1.165) is 22.5 Å². The van der Waals surface area contributed by atoms with Gasteiger partial charge in [0.25, 0.3) is 5.56 Å². The molecule has 6 nitrogen and oxygen atoms in total. The van der Waals surface area contributed by atoms with Crippen LogP contribution in [0.2, 0.25) is 0 Å². The van der Waals surface area contributed by atoms with Crippen LogP contribution in [0.5, 0.6) is 0 Å². The van der Waals surface area contributed by atoms with Gasteiger partial charge in [-0.3, -0.25) is 13.9 Å². The molecule has 1 aliphatic heterocycles. The molecule has 33 heavy (non-hydrogen) atoms. The number of benzene rings is 2. The molecule has 4 aromatic rings. The number of aryl methyl sites for hydroxylation is 1. The summed E-state index contributed by atoms with van der Waals surface area (Å²) in [4.78, 5) is 26.4.